The molecule has 0 aliphatic carbocycles. The maximum absolute atomic E-state index is 11.0. The standard InChI is InChI=1S/C9H12N2O.C3H8/c1-2-10-9(12)11-8-6-4-3-5-7-8;1-3-2/h3-7H,2H2,1H3,(H2,10,11,12);3H2,1-2H3. The van der Waals surface area contributed by atoms with Crippen LogP contribution in [0.3, 0.4) is 0 Å². The van der Waals surface area contributed by atoms with Gasteiger partial charge in [-0.1, -0.05) is 38.5 Å². The van der Waals surface area contributed by atoms with E-state index in [2.05, 4.69) is 24.5 Å². The number of para-hydroxylation sites is 1. The first-order valence-corrected chi connectivity index (χ1v) is 5.34. The van der Waals surface area contributed by atoms with Crippen molar-refractivity contribution in [3.8, 4) is 0 Å². The molecule has 84 valence electrons. The summed E-state index contributed by atoms with van der Waals surface area (Å²) in [6.45, 7) is 6.77. The predicted octanol–water partition coefficient (Wildman–Crippen LogP) is 3.24. The van der Waals surface area contributed by atoms with Gasteiger partial charge in [0.1, 0.15) is 0 Å². The zero-order chi connectivity index (χ0) is 11.5. The Morgan fingerprint density at radius 2 is 1.67 bits per heavy atom. The summed E-state index contributed by atoms with van der Waals surface area (Å²) in [7, 11) is 0. The summed E-state index contributed by atoms with van der Waals surface area (Å²) in [6, 6.07) is 9.18. The van der Waals surface area contributed by atoms with Crippen molar-refractivity contribution >= 4 is 11.7 Å². The summed E-state index contributed by atoms with van der Waals surface area (Å²) in [6.07, 6.45) is 1.25. The summed E-state index contributed by atoms with van der Waals surface area (Å²) in [5.74, 6) is 0. The summed E-state index contributed by atoms with van der Waals surface area (Å²) < 4.78 is 0. The maximum Gasteiger partial charge on any atom is 0.319 e. The van der Waals surface area contributed by atoms with E-state index in [4.69, 9.17) is 0 Å². The summed E-state index contributed by atoms with van der Waals surface area (Å²) in [5.41, 5.74) is 0.809. The van der Waals surface area contributed by atoms with E-state index >= 15 is 0 Å². The van der Waals surface area contributed by atoms with E-state index in [1.807, 2.05) is 37.3 Å². The number of urea groups is 1. The number of benzene rings is 1. The third-order valence-electron chi connectivity index (χ3n) is 1.37. The molecule has 0 saturated carbocycles. The lowest BCUT2D eigenvalue weighted by atomic mass is 10.3. The number of rotatable bonds is 2. The largest absolute Gasteiger partial charge is 0.338 e. The molecule has 0 fully saturated rings. The van der Waals surface area contributed by atoms with Gasteiger partial charge in [0.25, 0.3) is 0 Å². The van der Waals surface area contributed by atoms with Crippen molar-refractivity contribution in [2.75, 3.05) is 11.9 Å². The van der Waals surface area contributed by atoms with Crippen molar-refractivity contribution in [3.63, 3.8) is 0 Å². The zero-order valence-corrected chi connectivity index (χ0v) is 9.71. The Hall–Kier alpha value is -1.51. The molecule has 0 radical (unpaired) electrons. The van der Waals surface area contributed by atoms with E-state index in [1.165, 1.54) is 6.42 Å². The van der Waals surface area contributed by atoms with E-state index in [9.17, 15) is 4.79 Å². The number of hydrogen-bond acceptors (Lipinski definition) is 1. The predicted molar refractivity (Wildman–Crippen MR) is 65.1 cm³/mol. The second-order valence-corrected chi connectivity index (χ2v) is 3.06. The normalized spacial score (nSPS) is 8.47. The molecule has 3 nitrogen and oxygen atoms in total. The Balaban J connectivity index is 0.000000583. The van der Waals surface area contributed by atoms with Gasteiger partial charge in [0.15, 0.2) is 0 Å². The Labute approximate surface area is 91.9 Å². The first kappa shape index (κ1) is 13.5. The van der Waals surface area contributed by atoms with E-state index in [-0.39, 0.29) is 6.03 Å². The highest BCUT2D eigenvalue weighted by molar-refractivity contribution is 5.89. The molecular weight excluding hydrogens is 188 g/mol. The Bertz CT molecular complexity index is 260. The van der Waals surface area contributed by atoms with Crippen LogP contribution >= 0.6 is 0 Å². The SMILES string of the molecule is CCC.CCNC(=O)Nc1ccccc1. The van der Waals surface area contributed by atoms with E-state index in [1.54, 1.807) is 0 Å². The van der Waals surface area contributed by atoms with Crippen molar-refractivity contribution in [1.29, 1.82) is 0 Å². The molecule has 0 aliphatic rings. The van der Waals surface area contributed by atoms with Crippen LogP contribution in [0.25, 0.3) is 0 Å². The Kier molecular flexibility index (Phi) is 8.15. The molecule has 0 atom stereocenters. The van der Waals surface area contributed by atoms with E-state index in [0.29, 0.717) is 6.54 Å². The van der Waals surface area contributed by atoms with Gasteiger partial charge in [-0.05, 0) is 19.1 Å². The minimum Gasteiger partial charge on any atom is -0.338 e. The lowest BCUT2D eigenvalue weighted by Crippen LogP contribution is -2.28. The van der Waals surface area contributed by atoms with Gasteiger partial charge in [-0.15, -0.1) is 0 Å². The van der Waals surface area contributed by atoms with Crippen LogP contribution in [0.1, 0.15) is 27.2 Å². The average molecular weight is 208 g/mol. The number of amides is 2. The molecular formula is C12H20N2O. The van der Waals surface area contributed by atoms with Crippen LogP contribution < -0.4 is 10.6 Å². The van der Waals surface area contributed by atoms with Crippen LogP contribution in [0.2, 0.25) is 0 Å². The maximum atomic E-state index is 11.0. The molecule has 1 rings (SSSR count). The smallest absolute Gasteiger partial charge is 0.319 e. The van der Waals surface area contributed by atoms with Crippen LogP contribution in [0.15, 0.2) is 30.3 Å². The highest BCUT2D eigenvalue weighted by Gasteiger charge is 1.96. The second-order valence-electron chi connectivity index (χ2n) is 3.06. The fourth-order valence-corrected chi connectivity index (χ4v) is 0.857. The van der Waals surface area contributed by atoms with Crippen molar-refractivity contribution in [1.82, 2.24) is 5.32 Å². The van der Waals surface area contributed by atoms with Crippen molar-refractivity contribution < 1.29 is 4.79 Å². The monoisotopic (exact) mass is 208 g/mol. The van der Waals surface area contributed by atoms with Gasteiger partial charge in [0.2, 0.25) is 0 Å². The zero-order valence-electron chi connectivity index (χ0n) is 9.71. The molecule has 1 aromatic carbocycles. The summed E-state index contributed by atoms with van der Waals surface area (Å²) >= 11 is 0. The van der Waals surface area contributed by atoms with Gasteiger partial charge < -0.3 is 10.6 Å². The molecule has 0 heterocycles. The molecule has 1 aromatic rings. The number of hydrogen-bond donors (Lipinski definition) is 2. The van der Waals surface area contributed by atoms with Gasteiger partial charge in [-0.25, -0.2) is 4.79 Å². The minimum atomic E-state index is -0.163. The molecule has 0 spiro atoms. The van der Waals surface area contributed by atoms with Gasteiger partial charge in [-0.3, -0.25) is 0 Å². The lowest BCUT2D eigenvalue weighted by Gasteiger charge is -2.04. The van der Waals surface area contributed by atoms with Crippen molar-refractivity contribution in [2.45, 2.75) is 27.2 Å². The van der Waals surface area contributed by atoms with Crippen molar-refractivity contribution in [2.24, 2.45) is 0 Å². The number of carbonyl (C=O) groups is 1. The number of anilines is 1. The van der Waals surface area contributed by atoms with E-state index < -0.39 is 0 Å². The van der Waals surface area contributed by atoms with Gasteiger partial charge in [0, 0.05) is 12.2 Å². The molecule has 15 heavy (non-hydrogen) atoms. The van der Waals surface area contributed by atoms with Gasteiger partial charge in [0.05, 0.1) is 0 Å². The summed E-state index contributed by atoms with van der Waals surface area (Å²) in [5, 5.41) is 5.34. The van der Waals surface area contributed by atoms with Gasteiger partial charge >= 0.3 is 6.03 Å². The topological polar surface area (TPSA) is 41.1 Å². The highest BCUT2D eigenvalue weighted by atomic mass is 16.2. The van der Waals surface area contributed by atoms with Crippen LogP contribution in [0.4, 0.5) is 10.5 Å². The molecule has 0 aromatic heterocycles. The molecule has 2 N–H and O–H groups in total. The molecule has 3 heteroatoms. The lowest BCUT2D eigenvalue weighted by molar-refractivity contribution is 0.252. The average Bonchev–Trinajstić information content (AvgIpc) is 2.20. The molecule has 0 aliphatic heterocycles. The van der Waals surface area contributed by atoms with Crippen LogP contribution in [-0.2, 0) is 0 Å². The second kappa shape index (κ2) is 9.06. The molecule has 0 bridgehead atoms. The molecule has 2 amide bonds. The fourth-order valence-electron chi connectivity index (χ4n) is 0.857. The third kappa shape index (κ3) is 7.55. The highest BCUT2D eigenvalue weighted by Crippen LogP contribution is 2.03. The Morgan fingerprint density at radius 3 is 2.13 bits per heavy atom. The third-order valence-corrected chi connectivity index (χ3v) is 1.37. The first-order valence-electron chi connectivity index (χ1n) is 5.34. The summed E-state index contributed by atoms with van der Waals surface area (Å²) in [4.78, 5) is 11.0. The molecule has 0 unspecified atom stereocenters. The van der Waals surface area contributed by atoms with Gasteiger partial charge in [-0.2, -0.15) is 0 Å². The quantitative estimate of drug-likeness (QED) is 0.769. The van der Waals surface area contributed by atoms with Crippen LogP contribution in [-0.4, -0.2) is 12.6 Å². The van der Waals surface area contributed by atoms with Crippen LogP contribution in [0, 0.1) is 0 Å². The number of carbonyl (C=O) groups excluding carboxylic acids is 1. The fraction of sp³-hybridized carbons (Fsp3) is 0.417. The van der Waals surface area contributed by atoms with Crippen LogP contribution in [0.5, 0.6) is 0 Å². The van der Waals surface area contributed by atoms with Crippen molar-refractivity contribution in [3.05, 3.63) is 30.3 Å². The molecule has 0 saturated heterocycles. The van der Waals surface area contributed by atoms with E-state index in [0.717, 1.165) is 5.69 Å². The number of nitrogens with one attached hydrogen (secondary N) is 2. The Morgan fingerprint density at radius 1 is 1.13 bits per heavy atom. The first-order chi connectivity index (χ1) is 7.24. The minimum absolute atomic E-state index is 0.163.